The van der Waals surface area contributed by atoms with Gasteiger partial charge in [0.15, 0.2) is 0 Å². The molecule has 0 aliphatic carbocycles. The van der Waals surface area contributed by atoms with Gasteiger partial charge in [0.25, 0.3) is 0 Å². The molecule has 4 nitrogen and oxygen atoms in total. The second kappa shape index (κ2) is 6.53. The molecule has 0 aliphatic rings. The lowest BCUT2D eigenvalue weighted by atomic mass is 10.1. The quantitative estimate of drug-likeness (QED) is 0.763. The smallest absolute Gasteiger partial charge is 0.317 e. The predicted octanol–water partition coefficient (Wildman–Crippen LogP) is 1.45. The molecule has 92 valence electrons. The van der Waals surface area contributed by atoms with E-state index < -0.39 is 0 Å². The summed E-state index contributed by atoms with van der Waals surface area (Å²) < 4.78 is 3.53. The highest BCUT2D eigenvalue weighted by Gasteiger charge is 2.04. The van der Waals surface area contributed by atoms with Crippen LogP contribution in [0, 0.1) is 0 Å². The van der Waals surface area contributed by atoms with Crippen LogP contribution in [-0.4, -0.2) is 22.2 Å². The van der Waals surface area contributed by atoms with Gasteiger partial charge in [0.1, 0.15) is 0 Å². The molecule has 0 aliphatic heterocycles. The van der Waals surface area contributed by atoms with Gasteiger partial charge in [-0.25, -0.2) is 4.79 Å². The van der Waals surface area contributed by atoms with E-state index in [0.29, 0.717) is 6.04 Å². The first kappa shape index (κ1) is 13.0. The lowest BCUT2D eigenvalue weighted by Crippen LogP contribution is -2.26. The van der Waals surface area contributed by atoms with Crippen LogP contribution < -0.4 is 11.0 Å². The van der Waals surface area contributed by atoms with Crippen LogP contribution in [0.2, 0.25) is 0 Å². The van der Waals surface area contributed by atoms with Crippen LogP contribution in [0.1, 0.15) is 33.1 Å². The molecule has 0 fully saturated rings. The maximum absolute atomic E-state index is 11.7. The first-order valence-corrected chi connectivity index (χ1v) is 6.15. The number of aromatic nitrogens is 2. The molecule has 1 N–H and O–H groups in total. The number of aryl methyl sites for hydroxylation is 2. The second-order valence-corrected chi connectivity index (χ2v) is 4.10. The molecular formula is C12H23N3O. The van der Waals surface area contributed by atoms with Gasteiger partial charge in [-0.3, -0.25) is 9.13 Å². The van der Waals surface area contributed by atoms with Gasteiger partial charge in [0.05, 0.1) is 0 Å². The number of nitrogens with zero attached hydrogens (tertiary/aromatic N) is 2. The highest BCUT2D eigenvalue weighted by molar-refractivity contribution is 4.81. The average Bonchev–Trinajstić information content (AvgIpc) is 2.66. The number of hydrogen-bond donors (Lipinski definition) is 1. The Bertz CT molecular complexity index is 349. The Morgan fingerprint density at radius 1 is 1.31 bits per heavy atom. The van der Waals surface area contributed by atoms with E-state index >= 15 is 0 Å². The summed E-state index contributed by atoms with van der Waals surface area (Å²) in [5.41, 5.74) is 0.111. The van der Waals surface area contributed by atoms with Crippen molar-refractivity contribution in [3.63, 3.8) is 0 Å². The third kappa shape index (κ3) is 3.23. The summed E-state index contributed by atoms with van der Waals surface area (Å²) in [4.78, 5) is 11.7. The minimum absolute atomic E-state index is 0.111. The Morgan fingerprint density at radius 2 is 2.00 bits per heavy atom. The normalized spacial score (nSPS) is 12.9. The zero-order chi connectivity index (χ0) is 12.0. The molecule has 0 saturated heterocycles. The third-order valence-corrected chi connectivity index (χ3v) is 3.11. The van der Waals surface area contributed by atoms with E-state index in [1.807, 2.05) is 26.4 Å². The molecule has 1 aromatic rings. The monoisotopic (exact) mass is 225 g/mol. The summed E-state index contributed by atoms with van der Waals surface area (Å²) in [7, 11) is 1.99. The van der Waals surface area contributed by atoms with Crippen molar-refractivity contribution in [1.29, 1.82) is 0 Å². The SMILES string of the molecule is CCC(CCCn1ccn(CC)c1=O)NC. The highest BCUT2D eigenvalue weighted by Crippen LogP contribution is 2.02. The molecule has 0 aromatic carbocycles. The number of imidazole rings is 1. The Balaban J connectivity index is 2.43. The Kier molecular flexibility index (Phi) is 5.32. The zero-order valence-electron chi connectivity index (χ0n) is 10.6. The minimum Gasteiger partial charge on any atom is -0.317 e. The van der Waals surface area contributed by atoms with E-state index in [1.54, 1.807) is 9.13 Å². The van der Waals surface area contributed by atoms with Gasteiger partial charge in [-0.05, 0) is 33.2 Å². The maximum atomic E-state index is 11.7. The minimum atomic E-state index is 0.111. The summed E-state index contributed by atoms with van der Waals surface area (Å²) in [6.45, 7) is 5.74. The van der Waals surface area contributed by atoms with E-state index in [2.05, 4.69) is 12.2 Å². The summed E-state index contributed by atoms with van der Waals surface area (Å²) >= 11 is 0. The lowest BCUT2D eigenvalue weighted by Gasteiger charge is -2.13. The highest BCUT2D eigenvalue weighted by atomic mass is 16.1. The van der Waals surface area contributed by atoms with Crippen LogP contribution >= 0.6 is 0 Å². The molecule has 0 bridgehead atoms. The number of hydrogen-bond acceptors (Lipinski definition) is 2. The topological polar surface area (TPSA) is 39.0 Å². The fraction of sp³-hybridized carbons (Fsp3) is 0.750. The van der Waals surface area contributed by atoms with Crippen molar-refractivity contribution in [2.45, 2.75) is 52.2 Å². The van der Waals surface area contributed by atoms with Crippen LogP contribution in [0.3, 0.4) is 0 Å². The first-order chi connectivity index (χ1) is 7.72. The van der Waals surface area contributed by atoms with Gasteiger partial charge in [-0.2, -0.15) is 0 Å². The van der Waals surface area contributed by atoms with Crippen molar-refractivity contribution in [2.75, 3.05) is 7.05 Å². The molecule has 1 heterocycles. The summed E-state index contributed by atoms with van der Waals surface area (Å²) in [5, 5.41) is 3.28. The van der Waals surface area contributed by atoms with Gasteiger partial charge >= 0.3 is 5.69 Å². The number of nitrogens with one attached hydrogen (secondary N) is 1. The van der Waals surface area contributed by atoms with Gasteiger partial charge < -0.3 is 5.32 Å². The molecule has 1 unspecified atom stereocenters. The number of rotatable bonds is 7. The van der Waals surface area contributed by atoms with Crippen molar-refractivity contribution < 1.29 is 0 Å². The van der Waals surface area contributed by atoms with Gasteiger partial charge in [0, 0.05) is 31.5 Å². The molecular weight excluding hydrogens is 202 g/mol. The van der Waals surface area contributed by atoms with Crippen molar-refractivity contribution in [3.05, 3.63) is 22.9 Å². The summed E-state index contributed by atoms with van der Waals surface area (Å²) in [6, 6.07) is 0.573. The fourth-order valence-electron chi connectivity index (χ4n) is 1.92. The van der Waals surface area contributed by atoms with E-state index in [-0.39, 0.29) is 5.69 Å². The van der Waals surface area contributed by atoms with Gasteiger partial charge in [-0.15, -0.1) is 0 Å². The second-order valence-electron chi connectivity index (χ2n) is 4.10. The summed E-state index contributed by atoms with van der Waals surface area (Å²) in [6.07, 6.45) is 7.05. The van der Waals surface area contributed by atoms with Gasteiger partial charge in [-0.1, -0.05) is 6.92 Å². The van der Waals surface area contributed by atoms with Crippen LogP contribution in [-0.2, 0) is 13.1 Å². The van der Waals surface area contributed by atoms with Crippen molar-refractivity contribution >= 4 is 0 Å². The lowest BCUT2D eigenvalue weighted by molar-refractivity contribution is 0.463. The first-order valence-electron chi connectivity index (χ1n) is 6.15. The van der Waals surface area contributed by atoms with Gasteiger partial charge in [0.2, 0.25) is 0 Å². The molecule has 0 amide bonds. The molecule has 0 saturated carbocycles. The van der Waals surface area contributed by atoms with E-state index in [1.165, 1.54) is 0 Å². The molecule has 0 spiro atoms. The molecule has 1 aromatic heterocycles. The Labute approximate surface area is 97.3 Å². The van der Waals surface area contributed by atoms with Crippen molar-refractivity contribution in [1.82, 2.24) is 14.5 Å². The van der Waals surface area contributed by atoms with Crippen molar-refractivity contribution in [2.24, 2.45) is 0 Å². The standard InChI is InChI=1S/C12H23N3O/c1-4-11(13-3)7-6-8-15-10-9-14(5-2)12(15)16/h9-11,13H,4-8H2,1-3H3. The van der Waals surface area contributed by atoms with Crippen LogP contribution in [0.25, 0.3) is 0 Å². The van der Waals surface area contributed by atoms with Crippen LogP contribution in [0.5, 0.6) is 0 Å². The Hall–Kier alpha value is -1.03. The van der Waals surface area contributed by atoms with E-state index in [9.17, 15) is 4.79 Å². The zero-order valence-corrected chi connectivity index (χ0v) is 10.6. The largest absolute Gasteiger partial charge is 0.328 e. The fourth-order valence-corrected chi connectivity index (χ4v) is 1.92. The Morgan fingerprint density at radius 3 is 2.50 bits per heavy atom. The van der Waals surface area contributed by atoms with E-state index in [0.717, 1.165) is 32.4 Å². The van der Waals surface area contributed by atoms with Crippen molar-refractivity contribution in [3.8, 4) is 0 Å². The third-order valence-electron chi connectivity index (χ3n) is 3.11. The molecule has 1 rings (SSSR count). The van der Waals surface area contributed by atoms with Crippen LogP contribution in [0.15, 0.2) is 17.2 Å². The van der Waals surface area contributed by atoms with Crippen LogP contribution in [0.4, 0.5) is 0 Å². The predicted molar refractivity (Wildman–Crippen MR) is 66.7 cm³/mol. The average molecular weight is 225 g/mol. The van der Waals surface area contributed by atoms with E-state index in [4.69, 9.17) is 0 Å². The maximum Gasteiger partial charge on any atom is 0.328 e. The molecule has 4 heteroatoms. The molecule has 1 atom stereocenters. The molecule has 16 heavy (non-hydrogen) atoms. The molecule has 0 radical (unpaired) electrons. The summed E-state index contributed by atoms with van der Waals surface area (Å²) in [5.74, 6) is 0.